The lowest BCUT2D eigenvalue weighted by Gasteiger charge is -2.34. The SMILES string of the molecule is OCCN1CCN(Cc2ccc(OC(F)F)cc2)CC1. The first-order chi connectivity index (χ1) is 9.67. The van der Waals surface area contributed by atoms with E-state index in [2.05, 4.69) is 14.5 Å². The number of ether oxygens (including phenoxy) is 1. The Bertz CT molecular complexity index is 393. The van der Waals surface area contributed by atoms with Crippen LogP contribution in [0.4, 0.5) is 8.78 Å². The molecular weight excluding hydrogens is 266 g/mol. The van der Waals surface area contributed by atoms with Crippen LogP contribution >= 0.6 is 0 Å². The van der Waals surface area contributed by atoms with Gasteiger partial charge in [-0.15, -0.1) is 0 Å². The zero-order valence-corrected chi connectivity index (χ0v) is 11.3. The molecule has 0 spiro atoms. The molecule has 4 nitrogen and oxygen atoms in total. The third-order valence-electron chi connectivity index (χ3n) is 3.44. The monoisotopic (exact) mass is 286 g/mol. The largest absolute Gasteiger partial charge is 0.435 e. The smallest absolute Gasteiger partial charge is 0.387 e. The lowest BCUT2D eigenvalue weighted by atomic mass is 10.2. The van der Waals surface area contributed by atoms with E-state index in [1.54, 1.807) is 12.1 Å². The molecule has 1 aromatic carbocycles. The molecule has 112 valence electrons. The van der Waals surface area contributed by atoms with Gasteiger partial charge in [0.2, 0.25) is 0 Å². The average molecular weight is 286 g/mol. The molecule has 0 aliphatic carbocycles. The van der Waals surface area contributed by atoms with E-state index < -0.39 is 6.61 Å². The second-order valence-corrected chi connectivity index (χ2v) is 4.86. The van der Waals surface area contributed by atoms with Gasteiger partial charge in [-0.05, 0) is 17.7 Å². The highest BCUT2D eigenvalue weighted by Gasteiger charge is 2.16. The molecule has 0 unspecified atom stereocenters. The van der Waals surface area contributed by atoms with Gasteiger partial charge in [0.25, 0.3) is 0 Å². The minimum Gasteiger partial charge on any atom is -0.435 e. The summed E-state index contributed by atoms with van der Waals surface area (Å²) < 4.78 is 28.4. The molecule has 0 atom stereocenters. The predicted molar refractivity (Wildman–Crippen MR) is 71.9 cm³/mol. The van der Waals surface area contributed by atoms with Crippen molar-refractivity contribution in [2.24, 2.45) is 0 Å². The van der Waals surface area contributed by atoms with E-state index in [0.29, 0.717) is 0 Å². The second-order valence-electron chi connectivity index (χ2n) is 4.86. The second kappa shape index (κ2) is 7.52. The van der Waals surface area contributed by atoms with Gasteiger partial charge in [0, 0.05) is 39.3 Å². The van der Waals surface area contributed by atoms with Crippen molar-refractivity contribution >= 4 is 0 Å². The maximum absolute atomic E-state index is 12.0. The van der Waals surface area contributed by atoms with Crippen molar-refractivity contribution in [1.29, 1.82) is 0 Å². The van der Waals surface area contributed by atoms with Gasteiger partial charge in [-0.3, -0.25) is 9.80 Å². The van der Waals surface area contributed by atoms with E-state index in [0.717, 1.165) is 44.8 Å². The number of hydrogen-bond acceptors (Lipinski definition) is 4. The highest BCUT2D eigenvalue weighted by atomic mass is 19.3. The number of rotatable bonds is 6. The van der Waals surface area contributed by atoms with Crippen LogP contribution in [0.5, 0.6) is 5.75 Å². The van der Waals surface area contributed by atoms with Gasteiger partial charge < -0.3 is 9.84 Å². The normalized spacial score (nSPS) is 17.6. The van der Waals surface area contributed by atoms with Crippen LogP contribution in [-0.4, -0.2) is 60.8 Å². The summed E-state index contributed by atoms with van der Waals surface area (Å²) in [6.45, 7) is 2.77. The molecule has 1 heterocycles. The van der Waals surface area contributed by atoms with Gasteiger partial charge >= 0.3 is 6.61 Å². The molecule has 1 N–H and O–H groups in total. The van der Waals surface area contributed by atoms with Crippen LogP contribution in [0.1, 0.15) is 5.56 Å². The van der Waals surface area contributed by atoms with E-state index in [1.165, 1.54) is 0 Å². The van der Waals surface area contributed by atoms with Crippen LogP contribution < -0.4 is 4.74 Å². The minimum atomic E-state index is -2.78. The summed E-state index contributed by atoms with van der Waals surface area (Å²) in [5.74, 6) is 0.191. The maximum atomic E-state index is 12.0. The van der Waals surface area contributed by atoms with E-state index in [1.807, 2.05) is 12.1 Å². The zero-order chi connectivity index (χ0) is 14.4. The third kappa shape index (κ3) is 4.70. The first-order valence-corrected chi connectivity index (χ1v) is 6.76. The molecule has 1 saturated heterocycles. The molecule has 0 radical (unpaired) electrons. The topological polar surface area (TPSA) is 35.9 Å². The Balaban J connectivity index is 1.79. The summed E-state index contributed by atoms with van der Waals surface area (Å²) in [6.07, 6.45) is 0. The van der Waals surface area contributed by atoms with Crippen LogP contribution in [0, 0.1) is 0 Å². The fourth-order valence-corrected chi connectivity index (χ4v) is 2.35. The van der Waals surface area contributed by atoms with Crippen molar-refractivity contribution < 1.29 is 18.6 Å². The van der Waals surface area contributed by atoms with Crippen molar-refractivity contribution in [3.63, 3.8) is 0 Å². The highest BCUT2D eigenvalue weighted by Crippen LogP contribution is 2.16. The number of aliphatic hydroxyl groups excluding tert-OH is 1. The van der Waals surface area contributed by atoms with Gasteiger partial charge in [-0.1, -0.05) is 12.1 Å². The summed E-state index contributed by atoms with van der Waals surface area (Å²) in [5, 5.41) is 8.89. The lowest BCUT2D eigenvalue weighted by molar-refractivity contribution is -0.0498. The van der Waals surface area contributed by atoms with Crippen LogP contribution in [0.25, 0.3) is 0 Å². The average Bonchev–Trinajstić information content (AvgIpc) is 2.43. The van der Waals surface area contributed by atoms with Crippen LogP contribution in [0.3, 0.4) is 0 Å². The Morgan fingerprint density at radius 3 is 2.20 bits per heavy atom. The first-order valence-electron chi connectivity index (χ1n) is 6.76. The molecule has 1 fully saturated rings. The zero-order valence-electron chi connectivity index (χ0n) is 11.3. The molecule has 1 aliphatic rings. The summed E-state index contributed by atoms with van der Waals surface area (Å²) in [6, 6.07) is 6.78. The van der Waals surface area contributed by atoms with Gasteiger partial charge in [0.05, 0.1) is 6.61 Å². The van der Waals surface area contributed by atoms with Crippen LogP contribution in [0.2, 0.25) is 0 Å². The van der Waals surface area contributed by atoms with Crippen molar-refractivity contribution in [2.45, 2.75) is 13.2 Å². The number of piperazine rings is 1. The third-order valence-corrected chi connectivity index (χ3v) is 3.44. The standard InChI is InChI=1S/C14H20F2N2O2/c15-14(16)20-13-3-1-12(2-4-13)11-18-7-5-17(6-8-18)9-10-19/h1-4,14,19H,5-11H2. The Labute approximate surface area is 117 Å². The highest BCUT2D eigenvalue weighted by molar-refractivity contribution is 5.27. The first kappa shape index (κ1) is 15.2. The molecular formula is C14H20F2N2O2. The van der Waals surface area contributed by atoms with Crippen molar-refractivity contribution in [3.8, 4) is 5.75 Å². The summed E-state index contributed by atoms with van der Waals surface area (Å²) in [7, 11) is 0. The minimum absolute atomic E-state index is 0.191. The van der Waals surface area contributed by atoms with Crippen molar-refractivity contribution in [2.75, 3.05) is 39.3 Å². The summed E-state index contributed by atoms with van der Waals surface area (Å²) in [5.41, 5.74) is 1.09. The number of aliphatic hydroxyl groups is 1. The Kier molecular flexibility index (Phi) is 5.70. The fourth-order valence-electron chi connectivity index (χ4n) is 2.35. The number of nitrogens with zero attached hydrogens (tertiary/aromatic N) is 2. The summed E-state index contributed by atoms with van der Waals surface area (Å²) in [4.78, 5) is 4.55. The molecule has 1 aliphatic heterocycles. The van der Waals surface area contributed by atoms with Gasteiger partial charge in [0.15, 0.2) is 0 Å². The lowest BCUT2D eigenvalue weighted by Crippen LogP contribution is -2.46. The number of alkyl halides is 2. The Hall–Kier alpha value is -1.24. The maximum Gasteiger partial charge on any atom is 0.387 e. The van der Waals surface area contributed by atoms with Gasteiger partial charge in [0.1, 0.15) is 5.75 Å². The van der Waals surface area contributed by atoms with Crippen molar-refractivity contribution in [3.05, 3.63) is 29.8 Å². The van der Waals surface area contributed by atoms with Crippen molar-refractivity contribution in [1.82, 2.24) is 9.80 Å². The van der Waals surface area contributed by atoms with Crippen LogP contribution in [0.15, 0.2) is 24.3 Å². The van der Waals surface area contributed by atoms with E-state index >= 15 is 0 Å². The Morgan fingerprint density at radius 2 is 1.65 bits per heavy atom. The summed E-state index contributed by atoms with van der Waals surface area (Å²) >= 11 is 0. The Morgan fingerprint density at radius 1 is 1.05 bits per heavy atom. The number of β-amino-alcohol motifs (C(OH)–C–C–N with tert-alkyl or cyclic N) is 1. The number of benzene rings is 1. The molecule has 0 amide bonds. The fraction of sp³-hybridized carbons (Fsp3) is 0.571. The molecule has 0 bridgehead atoms. The molecule has 20 heavy (non-hydrogen) atoms. The molecule has 6 heteroatoms. The molecule has 0 saturated carbocycles. The predicted octanol–water partition coefficient (Wildman–Crippen LogP) is 1.40. The molecule has 2 rings (SSSR count). The quantitative estimate of drug-likeness (QED) is 0.857. The molecule has 1 aromatic rings. The van der Waals surface area contributed by atoms with E-state index in [9.17, 15) is 8.78 Å². The van der Waals surface area contributed by atoms with Gasteiger partial charge in [-0.25, -0.2) is 0 Å². The molecule has 0 aromatic heterocycles. The van der Waals surface area contributed by atoms with Crippen LogP contribution in [-0.2, 0) is 6.54 Å². The van der Waals surface area contributed by atoms with E-state index in [4.69, 9.17) is 5.11 Å². The number of hydrogen-bond donors (Lipinski definition) is 1. The van der Waals surface area contributed by atoms with Gasteiger partial charge in [-0.2, -0.15) is 8.78 Å². The van der Waals surface area contributed by atoms with E-state index in [-0.39, 0.29) is 12.4 Å². The number of halogens is 2.